The number of carbonyl (C=O) groups excluding carboxylic acids is 2. The Bertz CT molecular complexity index is 290. The molecule has 0 N–H and O–H groups in total. The Hall–Kier alpha value is -1.58. The molecule has 0 amide bonds. The Morgan fingerprint density at radius 1 is 1.64 bits per heavy atom. The van der Waals surface area contributed by atoms with Crippen molar-refractivity contribution in [3.8, 4) is 0 Å². The van der Waals surface area contributed by atoms with E-state index in [2.05, 4.69) is 0 Å². The molecule has 0 aromatic heterocycles. The molecule has 1 aliphatic rings. The van der Waals surface area contributed by atoms with Crippen LogP contribution in [0.4, 0.5) is 0 Å². The van der Waals surface area contributed by atoms with Crippen LogP contribution in [0.1, 0.15) is 13.8 Å². The number of cyclic esters (lactones) is 1. The van der Waals surface area contributed by atoms with Crippen LogP contribution in [0, 0.1) is 0 Å². The van der Waals surface area contributed by atoms with Crippen molar-refractivity contribution in [2.45, 2.75) is 26.1 Å². The van der Waals surface area contributed by atoms with E-state index in [1.54, 1.807) is 19.1 Å². The average Bonchev–Trinajstić information content (AvgIpc) is 2.09. The van der Waals surface area contributed by atoms with Crippen LogP contribution in [0.5, 0.6) is 0 Å². The third-order valence-electron chi connectivity index (χ3n) is 1.68. The van der Waals surface area contributed by atoms with Crippen molar-refractivity contribution in [3.05, 3.63) is 24.3 Å². The molecule has 0 aliphatic carbocycles. The van der Waals surface area contributed by atoms with Gasteiger partial charge in [-0.25, -0.2) is 4.79 Å². The Labute approximate surface area is 82.2 Å². The normalized spacial score (nSPS) is 26.3. The van der Waals surface area contributed by atoms with E-state index in [0.29, 0.717) is 0 Å². The van der Waals surface area contributed by atoms with Gasteiger partial charge in [-0.2, -0.15) is 0 Å². The van der Waals surface area contributed by atoms with E-state index in [1.807, 2.05) is 0 Å². The number of carbonyl (C=O) groups is 2. The highest BCUT2D eigenvalue weighted by Gasteiger charge is 2.26. The first-order chi connectivity index (χ1) is 6.63. The Balaban J connectivity index is 2.73. The molecule has 4 nitrogen and oxygen atoms in total. The van der Waals surface area contributed by atoms with Gasteiger partial charge in [0.2, 0.25) is 0 Å². The summed E-state index contributed by atoms with van der Waals surface area (Å²) in [6, 6.07) is 0. The molecule has 0 unspecified atom stereocenters. The summed E-state index contributed by atoms with van der Waals surface area (Å²) in [5.41, 5.74) is 0. The predicted octanol–water partition coefficient (Wildman–Crippen LogP) is 0.976. The van der Waals surface area contributed by atoms with E-state index < -0.39 is 24.1 Å². The molecule has 2 atom stereocenters. The highest BCUT2D eigenvalue weighted by Crippen LogP contribution is 2.13. The first kappa shape index (κ1) is 10.5. The second-order valence-corrected chi connectivity index (χ2v) is 2.86. The van der Waals surface area contributed by atoms with Crippen molar-refractivity contribution in [2.24, 2.45) is 0 Å². The minimum Gasteiger partial charge on any atom is -0.454 e. The lowest BCUT2D eigenvalue weighted by atomic mass is 10.1. The number of allylic oxidation sites excluding steroid dienone is 1. The fourth-order valence-corrected chi connectivity index (χ4v) is 1.16. The molecule has 0 saturated heterocycles. The summed E-state index contributed by atoms with van der Waals surface area (Å²) in [7, 11) is 0. The van der Waals surface area contributed by atoms with Crippen LogP contribution in [0.25, 0.3) is 0 Å². The molecular weight excluding hydrogens is 184 g/mol. The molecule has 76 valence electrons. The highest BCUT2D eigenvalue weighted by molar-refractivity contribution is 5.83. The van der Waals surface area contributed by atoms with Crippen molar-refractivity contribution >= 4 is 11.9 Å². The Kier molecular flexibility index (Phi) is 3.45. The zero-order valence-electron chi connectivity index (χ0n) is 8.10. The number of hydrogen-bond donors (Lipinski definition) is 0. The molecule has 0 radical (unpaired) electrons. The van der Waals surface area contributed by atoms with Crippen molar-refractivity contribution in [1.29, 1.82) is 0 Å². The minimum absolute atomic E-state index is 0.396. The van der Waals surface area contributed by atoms with Gasteiger partial charge in [0.15, 0.2) is 12.2 Å². The van der Waals surface area contributed by atoms with Crippen LogP contribution in [0.2, 0.25) is 0 Å². The average molecular weight is 196 g/mol. The number of ether oxygens (including phenoxy) is 2. The van der Waals surface area contributed by atoms with Gasteiger partial charge in [0.05, 0.1) is 0 Å². The summed E-state index contributed by atoms with van der Waals surface area (Å²) in [6.07, 6.45) is 5.18. The fourth-order valence-electron chi connectivity index (χ4n) is 1.16. The van der Waals surface area contributed by atoms with Gasteiger partial charge in [0.25, 0.3) is 0 Å². The summed E-state index contributed by atoms with van der Waals surface area (Å²) in [5, 5.41) is 0. The zero-order chi connectivity index (χ0) is 10.6. The summed E-state index contributed by atoms with van der Waals surface area (Å²) in [4.78, 5) is 21.6. The summed E-state index contributed by atoms with van der Waals surface area (Å²) >= 11 is 0. The van der Waals surface area contributed by atoms with Crippen LogP contribution in [-0.4, -0.2) is 24.1 Å². The predicted molar refractivity (Wildman–Crippen MR) is 49.4 cm³/mol. The van der Waals surface area contributed by atoms with Gasteiger partial charge in [-0.1, -0.05) is 6.08 Å². The lowest BCUT2D eigenvalue weighted by Gasteiger charge is -2.24. The molecule has 14 heavy (non-hydrogen) atoms. The lowest BCUT2D eigenvalue weighted by molar-refractivity contribution is -0.158. The maximum absolute atomic E-state index is 10.9. The van der Waals surface area contributed by atoms with Crippen molar-refractivity contribution in [1.82, 2.24) is 0 Å². The molecule has 1 aliphatic heterocycles. The van der Waals surface area contributed by atoms with Gasteiger partial charge in [-0.15, -0.1) is 0 Å². The SMILES string of the molecule is C/C=C/[C@@H]1OC(=O)C=C[C@@H]1OC(C)=O. The zero-order valence-corrected chi connectivity index (χ0v) is 8.10. The van der Waals surface area contributed by atoms with E-state index in [1.165, 1.54) is 19.1 Å². The van der Waals surface area contributed by atoms with Gasteiger partial charge in [0.1, 0.15) is 0 Å². The molecule has 4 heteroatoms. The van der Waals surface area contributed by atoms with Gasteiger partial charge in [-0.05, 0) is 19.1 Å². The van der Waals surface area contributed by atoms with Crippen LogP contribution < -0.4 is 0 Å². The first-order valence-corrected chi connectivity index (χ1v) is 4.32. The molecule has 0 aromatic carbocycles. The Morgan fingerprint density at radius 3 is 2.93 bits per heavy atom. The third kappa shape index (κ3) is 2.73. The topological polar surface area (TPSA) is 52.6 Å². The Morgan fingerprint density at radius 2 is 2.36 bits per heavy atom. The van der Waals surface area contributed by atoms with Crippen molar-refractivity contribution < 1.29 is 19.1 Å². The van der Waals surface area contributed by atoms with Crippen LogP contribution >= 0.6 is 0 Å². The molecule has 1 rings (SSSR count). The van der Waals surface area contributed by atoms with Crippen LogP contribution in [0.3, 0.4) is 0 Å². The molecule has 0 saturated carbocycles. The van der Waals surface area contributed by atoms with Crippen LogP contribution in [-0.2, 0) is 19.1 Å². The highest BCUT2D eigenvalue weighted by atomic mass is 16.6. The largest absolute Gasteiger partial charge is 0.454 e. The smallest absolute Gasteiger partial charge is 0.331 e. The fraction of sp³-hybridized carbons (Fsp3) is 0.400. The lowest BCUT2D eigenvalue weighted by Crippen LogP contribution is -2.34. The molecular formula is C10H12O4. The summed E-state index contributed by atoms with van der Waals surface area (Å²) in [6.45, 7) is 3.12. The van der Waals surface area contributed by atoms with Gasteiger partial charge in [0, 0.05) is 13.0 Å². The van der Waals surface area contributed by atoms with E-state index in [-0.39, 0.29) is 0 Å². The summed E-state index contributed by atoms with van der Waals surface area (Å²) in [5.74, 6) is -0.816. The molecule has 0 aromatic rings. The van der Waals surface area contributed by atoms with Gasteiger partial charge >= 0.3 is 11.9 Å². The van der Waals surface area contributed by atoms with Gasteiger partial charge in [-0.3, -0.25) is 4.79 Å². The second-order valence-electron chi connectivity index (χ2n) is 2.86. The van der Waals surface area contributed by atoms with Crippen LogP contribution in [0.15, 0.2) is 24.3 Å². The van der Waals surface area contributed by atoms with Crippen molar-refractivity contribution in [3.63, 3.8) is 0 Å². The standard InChI is InChI=1S/C10H12O4/c1-3-4-8-9(13-7(2)11)5-6-10(12)14-8/h3-6,8-9H,1-2H3/b4-3+/t8-,9-/m0/s1. The molecule has 0 bridgehead atoms. The number of rotatable bonds is 2. The van der Waals surface area contributed by atoms with E-state index in [0.717, 1.165) is 0 Å². The van der Waals surface area contributed by atoms with Crippen molar-refractivity contribution in [2.75, 3.05) is 0 Å². The maximum Gasteiger partial charge on any atom is 0.331 e. The summed E-state index contributed by atoms with van der Waals surface area (Å²) < 4.78 is 9.90. The minimum atomic E-state index is -0.513. The monoisotopic (exact) mass is 196 g/mol. The van der Waals surface area contributed by atoms with E-state index in [4.69, 9.17) is 9.47 Å². The maximum atomic E-state index is 10.9. The van der Waals surface area contributed by atoms with E-state index in [9.17, 15) is 9.59 Å². The van der Waals surface area contributed by atoms with Gasteiger partial charge < -0.3 is 9.47 Å². The second kappa shape index (κ2) is 4.60. The van der Waals surface area contributed by atoms with E-state index >= 15 is 0 Å². The molecule has 0 spiro atoms. The number of esters is 2. The third-order valence-corrected chi connectivity index (χ3v) is 1.68. The molecule has 1 heterocycles. The first-order valence-electron chi connectivity index (χ1n) is 4.32. The number of hydrogen-bond acceptors (Lipinski definition) is 4. The quantitative estimate of drug-likeness (QED) is 0.488. The molecule has 0 fully saturated rings.